The molecule has 0 fully saturated rings. The van der Waals surface area contributed by atoms with E-state index in [1.165, 1.54) is 5.56 Å². The maximum Gasteiger partial charge on any atom is 0.0684 e. The Hall–Kier alpha value is -0.340. The van der Waals surface area contributed by atoms with Gasteiger partial charge in [0.25, 0.3) is 0 Å². The van der Waals surface area contributed by atoms with E-state index in [2.05, 4.69) is 22.9 Å². The molecule has 1 aromatic rings. The van der Waals surface area contributed by atoms with E-state index < -0.39 is 0 Å². The van der Waals surface area contributed by atoms with Crippen molar-refractivity contribution in [1.82, 2.24) is 0 Å². The number of aliphatic hydroxyl groups is 1. The molecular weight excluding hydrogens is 216 g/mol. The van der Waals surface area contributed by atoms with Gasteiger partial charge < -0.3 is 5.11 Å². The third kappa shape index (κ3) is 2.08. The number of aliphatic hydroxyl groups excluding tert-OH is 1. The summed E-state index contributed by atoms with van der Waals surface area (Å²) in [5.41, 5.74) is 2.27. The highest BCUT2D eigenvalue weighted by Crippen LogP contribution is 2.22. The molecule has 0 aliphatic carbocycles. The van der Waals surface area contributed by atoms with Crippen molar-refractivity contribution < 1.29 is 5.11 Å². The SMILES string of the molecule is CCCc1c(Br)cccc1CO. The molecule has 0 spiro atoms. The first kappa shape index (κ1) is 9.75. The molecule has 1 rings (SSSR count). The first-order valence-electron chi connectivity index (χ1n) is 4.16. The second kappa shape index (κ2) is 4.63. The molecule has 0 atom stereocenters. The summed E-state index contributed by atoms with van der Waals surface area (Å²) in [5.74, 6) is 0. The first-order chi connectivity index (χ1) is 5.79. The van der Waals surface area contributed by atoms with E-state index >= 15 is 0 Å². The molecule has 0 aliphatic heterocycles. The normalized spacial score (nSPS) is 10.2. The van der Waals surface area contributed by atoms with Gasteiger partial charge in [-0.25, -0.2) is 0 Å². The Morgan fingerprint density at radius 3 is 2.75 bits per heavy atom. The van der Waals surface area contributed by atoms with Crippen LogP contribution in [0, 0.1) is 0 Å². The molecule has 1 nitrogen and oxygen atoms in total. The van der Waals surface area contributed by atoms with Gasteiger partial charge in [0.2, 0.25) is 0 Å². The molecule has 0 unspecified atom stereocenters. The van der Waals surface area contributed by atoms with Crippen molar-refractivity contribution in [1.29, 1.82) is 0 Å². The largest absolute Gasteiger partial charge is 0.392 e. The quantitative estimate of drug-likeness (QED) is 0.844. The molecule has 0 bridgehead atoms. The van der Waals surface area contributed by atoms with Gasteiger partial charge in [0.05, 0.1) is 6.61 Å². The van der Waals surface area contributed by atoms with E-state index in [1.807, 2.05) is 18.2 Å². The fourth-order valence-electron chi connectivity index (χ4n) is 1.28. The lowest BCUT2D eigenvalue weighted by Crippen LogP contribution is -1.94. The zero-order chi connectivity index (χ0) is 8.97. The molecule has 0 saturated carbocycles. The minimum atomic E-state index is 0.134. The Bertz CT molecular complexity index is 258. The van der Waals surface area contributed by atoms with Crippen LogP contribution in [0.25, 0.3) is 0 Å². The van der Waals surface area contributed by atoms with Gasteiger partial charge in [-0.05, 0) is 23.6 Å². The van der Waals surface area contributed by atoms with Crippen LogP contribution in [0.15, 0.2) is 22.7 Å². The van der Waals surface area contributed by atoms with E-state index in [0.29, 0.717) is 0 Å². The Kier molecular flexibility index (Phi) is 3.76. The first-order valence-corrected chi connectivity index (χ1v) is 4.96. The molecule has 0 amide bonds. The molecule has 66 valence electrons. The molecular formula is C10H13BrO. The summed E-state index contributed by atoms with van der Waals surface area (Å²) in [6.45, 7) is 2.27. The minimum absolute atomic E-state index is 0.134. The van der Waals surface area contributed by atoms with E-state index in [1.54, 1.807) is 0 Å². The summed E-state index contributed by atoms with van der Waals surface area (Å²) in [6.07, 6.45) is 2.13. The van der Waals surface area contributed by atoms with Crippen molar-refractivity contribution in [3.05, 3.63) is 33.8 Å². The predicted octanol–water partition coefficient (Wildman–Crippen LogP) is 2.89. The lowest BCUT2D eigenvalue weighted by atomic mass is 10.0. The molecule has 2 heteroatoms. The maximum absolute atomic E-state index is 9.05. The number of rotatable bonds is 3. The molecule has 1 aromatic carbocycles. The molecule has 12 heavy (non-hydrogen) atoms. The van der Waals surface area contributed by atoms with Crippen LogP contribution in [-0.2, 0) is 13.0 Å². The standard InChI is InChI=1S/C10H13BrO/c1-2-4-9-8(7-12)5-3-6-10(9)11/h3,5-6,12H,2,4,7H2,1H3. The van der Waals surface area contributed by atoms with Crippen LogP contribution in [0.3, 0.4) is 0 Å². The lowest BCUT2D eigenvalue weighted by Gasteiger charge is -2.07. The molecule has 0 aromatic heterocycles. The highest BCUT2D eigenvalue weighted by molar-refractivity contribution is 9.10. The molecule has 0 saturated heterocycles. The fraction of sp³-hybridized carbons (Fsp3) is 0.400. The maximum atomic E-state index is 9.05. The van der Waals surface area contributed by atoms with Gasteiger partial charge in [-0.2, -0.15) is 0 Å². The Morgan fingerprint density at radius 1 is 1.42 bits per heavy atom. The van der Waals surface area contributed by atoms with Crippen LogP contribution >= 0.6 is 15.9 Å². The molecule has 0 aliphatic rings. The Labute approximate surface area is 81.6 Å². The van der Waals surface area contributed by atoms with Crippen LogP contribution < -0.4 is 0 Å². The summed E-state index contributed by atoms with van der Waals surface area (Å²) < 4.78 is 1.11. The van der Waals surface area contributed by atoms with Crippen LogP contribution in [0.1, 0.15) is 24.5 Å². The zero-order valence-electron chi connectivity index (χ0n) is 7.18. The van der Waals surface area contributed by atoms with E-state index in [0.717, 1.165) is 22.9 Å². The van der Waals surface area contributed by atoms with Crippen molar-refractivity contribution in [2.75, 3.05) is 0 Å². The van der Waals surface area contributed by atoms with Crippen LogP contribution in [-0.4, -0.2) is 5.11 Å². The summed E-state index contributed by atoms with van der Waals surface area (Å²) >= 11 is 3.48. The third-order valence-electron chi connectivity index (χ3n) is 1.89. The summed E-state index contributed by atoms with van der Waals surface area (Å²) in [5, 5.41) is 9.05. The number of halogens is 1. The van der Waals surface area contributed by atoms with Crippen LogP contribution in [0.4, 0.5) is 0 Å². The van der Waals surface area contributed by atoms with Crippen molar-refractivity contribution in [3.8, 4) is 0 Å². The molecule has 1 N–H and O–H groups in total. The van der Waals surface area contributed by atoms with Crippen molar-refractivity contribution in [2.45, 2.75) is 26.4 Å². The van der Waals surface area contributed by atoms with E-state index in [9.17, 15) is 0 Å². The third-order valence-corrected chi connectivity index (χ3v) is 2.63. The highest BCUT2D eigenvalue weighted by Gasteiger charge is 2.03. The predicted molar refractivity (Wildman–Crippen MR) is 54.1 cm³/mol. The van der Waals surface area contributed by atoms with Gasteiger partial charge >= 0.3 is 0 Å². The van der Waals surface area contributed by atoms with Gasteiger partial charge in [0.1, 0.15) is 0 Å². The second-order valence-corrected chi connectivity index (χ2v) is 3.64. The van der Waals surface area contributed by atoms with E-state index in [-0.39, 0.29) is 6.61 Å². The van der Waals surface area contributed by atoms with E-state index in [4.69, 9.17) is 5.11 Å². The van der Waals surface area contributed by atoms with Gasteiger partial charge in [0.15, 0.2) is 0 Å². The summed E-state index contributed by atoms with van der Waals surface area (Å²) in [6, 6.07) is 5.94. The molecule has 0 heterocycles. The smallest absolute Gasteiger partial charge is 0.0684 e. The Balaban J connectivity index is 3.02. The topological polar surface area (TPSA) is 20.2 Å². The average molecular weight is 229 g/mol. The van der Waals surface area contributed by atoms with Crippen molar-refractivity contribution in [3.63, 3.8) is 0 Å². The van der Waals surface area contributed by atoms with Crippen molar-refractivity contribution >= 4 is 15.9 Å². The lowest BCUT2D eigenvalue weighted by molar-refractivity contribution is 0.280. The van der Waals surface area contributed by atoms with Gasteiger partial charge in [0, 0.05) is 4.47 Å². The monoisotopic (exact) mass is 228 g/mol. The number of hydrogen-bond donors (Lipinski definition) is 1. The van der Waals surface area contributed by atoms with Crippen LogP contribution in [0.5, 0.6) is 0 Å². The van der Waals surface area contributed by atoms with Crippen LogP contribution in [0.2, 0.25) is 0 Å². The number of benzene rings is 1. The summed E-state index contributed by atoms with van der Waals surface area (Å²) in [7, 11) is 0. The van der Waals surface area contributed by atoms with Gasteiger partial charge in [-0.1, -0.05) is 41.4 Å². The fourth-order valence-corrected chi connectivity index (χ4v) is 1.89. The van der Waals surface area contributed by atoms with Gasteiger partial charge in [-0.3, -0.25) is 0 Å². The number of hydrogen-bond acceptors (Lipinski definition) is 1. The Morgan fingerprint density at radius 2 is 2.17 bits per heavy atom. The van der Waals surface area contributed by atoms with Crippen molar-refractivity contribution in [2.24, 2.45) is 0 Å². The zero-order valence-corrected chi connectivity index (χ0v) is 8.76. The average Bonchev–Trinajstić information content (AvgIpc) is 2.09. The highest BCUT2D eigenvalue weighted by atomic mass is 79.9. The molecule has 0 radical (unpaired) electrons. The second-order valence-electron chi connectivity index (χ2n) is 2.79. The minimum Gasteiger partial charge on any atom is -0.392 e. The summed E-state index contributed by atoms with van der Waals surface area (Å²) in [4.78, 5) is 0. The van der Waals surface area contributed by atoms with Gasteiger partial charge in [-0.15, -0.1) is 0 Å².